The summed E-state index contributed by atoms with van der Waals surface area (Å²) in [5, 5.41) is 3.25. The zero-order valence-corrected chi connectivity index (χ0v) is 9.63. The van der Waals surface area contributed by atoms with Gasteiger partial charge in [-0.1, -0.05) is 28.1 Å². The van der Waals surface area contributed by atoms with Crippen LogP contribution < -0.4 is 5.32 Å². The molecule has 0 fully saturated rings. The van der Waals surface area contributed by atoms with E-state index in [0.717, 1.165) is 34.6 Å². The lowest BCUT2D eigenvalue weighted by atomic mass is 10.2. The third-order valence-electron chi connectivity index (χ3n) is 2.58. The van der Waals surface area contributed by atoms with E-state index in [-0.39, 0.29) is 0 Å². The number of aromatic nitrogens is 2. The molecule has 76 valence electrons. The van der Waals surface area contributed by atoms with Gasteiger partial charge in [0.2, 0.25) is 0 Å². The molecule has 2 N–H and O–H groups in total. The summed E-state index contributed by atoms with van der Waals surface area (Å²) in [6, 6.07) is 8.18. The van der Waals surface area contributed by atoms with Crippen molar-refractivity contribution in [3.8, 4) is 11.4 Å². The Kier molecular flexibility index (Phi) is 2.11. The van der Waals surface area contributed by atoms with Gasteiger partial charge in [0.1, 0.15) is 5.82 Å². The lowest BCUT2D eigenvalue weighted by Crippen LogP contribution is -2.02. The zero-order chi connectivity index (χ0) is 10.3. The van der Waals surface area contributed by atoms with Crippen molar-refractivity contribution < 1.29 is 0 Å². The minimum Gasteiger partial charge on any atom is -0.341 e. The Balaban J connectivity index is 2.02. The van der Waals surface area contributed by atoms with Crippen LogP contribution in [0.5, 0.6) is 0 Å². The van der Waals surface area contributed by atoms with Gasteiger partial charge in [-0.05, 0) is 12.1 Å². The third-order valence-corrected chi connectivity index (χ3v) is 3.10. The molecule has 3 nitrogen and oxygen atoms in total. The second-order valence-corrected chi connectivity index (χ2v) is 4.54. The number of benzene rings is 1. The number of hydrogen-bond donors (Lipinski definition) is 2. The molecule has 1 aliphatic rings. The normalized spacial score (nSPS) is 14.2. The van der Waals surface area contributed by atoms with E-state index in [1.165, 1.54) is 5.69 Å². The summed E-state index contributed by atoms with van der Waals surface area (Å²) in [7, 11) is 0. The molecule has 2 aromatic rings. The molecule has 1 aliphatic heterocycles. The van der Waals surface area contributed by atoms with Gasteiger partial charge in [-0.3, -0.25) is 0 Å². The molecule has 0 aliphatic carbocycles. The fourth-order valence-electron chi connectivity index (χ4n) is 1.79. The van der Waals surface area contributed by atoms with E-state index >= 15 is 0 Å². The molecule has 0 amide bonds. The number of H-pyrrole nitrogens is 1. The van der Waals surface area contributed by atoms with Crippen LogP contribution in [0.15, 0.2) is 28.7 Å². The molecule has 1 aromatic heterocycles. The second kappa shape index (κ2) is 3.47. The van der Waals surface area contributed by atoms with Crippen molar-refractivity contribution in [2.45, 2.75) is 13.1 Å². The first kappa shape index (κ1) is 9.12. The number of aromatic amines is 1. The maximum absolute atomic E-state index is 4.56. The van der Waals surface area contributed by atoms with Crippen molar-refractivity contribution in [2.75, 3.05) is 0 Å². The first-order valence-electron chi connectivity index (χ1n) is 4.87. The Bertz CT molecular complexity index is 466. The topological polar surface area (TPSA) is 40.7 Å². The number of nitrogens with one attached hydrogen (secondary N) is 2. The van der Waals surface area contributed by atoms with Gasteiger partial charge < -0.3 is 10.3 Å². The van der Waals surface area contributed by atoms with Crippen LogP contribution in [-0.2, 0) is 13.1 Å². The highest BCUT2D eigenvalue weighted by Gasteiger charge is 2.15. The maximum Gasteiger partial charge on any atom is 0.137 e. The average Bonchev–Trinajstić information content (AvgIpc) is 2.78. The van der Waals surface area contributed by atoms with Crippen LogP contribution in [0.2, 0.25) is 0 Å². The molecule has 0 saturated heterocycles. The van der Waals surface area contributed by atoms with E-state index in [1.807, 2.05) is 12.1 Å². The summed E-state index contributed by atoms with van der Waals surface area (Å²) in [5.41, 5.74) is 3.49. The lowest BCUT2D eigenvalue weighted by Gasteiger charge is -1.97. The maximum atomic E-state index is 4.56. The highest BCUT2D eigenvalue weighted by atomic mass is 79.9. The monoisotopic (exact) mass is 263 g/mol. The molecule has 0 atom stereocenters. The van der Waals surface area contributed by atoms with E-state index < -0.39 is 0 Å². The minimum atomic E-state index is 0.877. The Morgan fingerprint density at radius 2 is 1.93 bits per heavy atom. The SMILES string of the molecule is Brc1ccc(-c2nc3c([nH]2)CNC3)cc1. The van der Waals surface area contributed by atoms with Crippen molar-refractivity contribution in [1.82, 2.24) is 15.3 Å². The van der Waals surface area contributed by atoms with Crippen LogP contribution in [0.25, 0.3) is 11.4 Å². The van der Waals surface area contributed by atoms with Crippen LogP contribution in [0, 0.1) is 0 Å². The number of hydrogen-bond acceptors (Lipinski definition) is 2. The highest BCUT2D eigenvalue weighted by Crippen LogP contribution is 2.22. The van der Waals surface area contributed by atoms with E-state index in [0.29, 0.717) is 0 Å². The van der Waals surface area contributed by atoms with Crippen molar-refractivity contribution in [1.29, 1.82) is 0 Å². The summed E-state index contributed by atoms with van der Waals surface area (Å²) < 4.78 is 1.09. The van der Waals surface area contributed by atoms with E-state index in [2.05, 4.69) is 43.3 Å². The van der Waals surface area contributed by atoms with E-state index in [9.17, 15) is 0 Å². The van der Waals surface area contributed by atoms with Crippen LogP contribution in [-0.4, -0.2) is 9.97 Å². The third kappa shape index (κ3) is 1.60. The summed E-state index contributed by atoms with van der Waals surface area (Å²) in [5.74, 6) is 0.967. The standard InChI is InChI=1S/C11H10BrN3/c12-8-3-1-7(2-4-8)11-14-9-5-13-6-10(9)15-11/h1-4,13H,5-6H2,(H,14,15). The molecule has 0 spiro atoms. The molecular formula is C11H10BrN3. The van der Waals surface area contributed by atoms with Crippen molar-refractivity contribution in [3.05, 3.63) is 40.1 Å². The van der Waals surface area contributed by atoms with Crippen LogP contribution in [0.4, 0.5) is 0 Å². The summed E-state index contributed by atoms with van der Waals surface area (Å²) >= 11 is 3.42. The van der Waals surface area contributed by atoms with Gasteiger partial charge in [0, 0.05) is 23.1 Å². The molecule has 4 heteroatoms. The first-order valence-corrected chi connectivity index (χ1v) is 5.66. The second-order valence-electron chi connectivity index (χ2n) is 3.62. The lowest BCUT2D eigenvalue weighted by molar-refractivity contribution is 0.744. The van der Waals surface area contributed by atoms with Crippen molar-refractivity contribution in [2.24, 2.45) is 0 Å². The van der Waals surface area contributed by atoms with Gasteiger partial charge in [0.05, 0.1) is 11.4 Å². The molecule has 15 heavy (non-hydrogen) atoms. The minimum absolute atomic E-state index is 0.877. The van der Waals surface area contributed by atoms with Gasteiger partial charge in [0.15, 0.2) is 0 Å². The molecule has 1 aromatic carbocycles. The number of halogens is 1. The summed E-state index contributed by atoms with van der Waals surface area (Å²) in [6.45, 7) is 1.78. The quantitative estimate of drug-likeness (QED) is 0.830. The van der Waals surface area contributed by atoms with Crippen molar-refractivity contribution in [3.63, 3.8) is 0 Å². The van der Waals surface area contributed by atoms with Crippen molar-refractivity contribution >= 4 is 15.9 Å². The Morgan fingerprint density at radius 1 is 1.13 bits per heavy atom. The number of nitrogens with zero attached hydrogens (tertiary/aromatic N) is 1. The number of imidazole rings is 1. The molecule has 0 radical (unpaired) electrons. The largest absolute Gasteiger partial charge is 0.341 e. The van der Waals surface area contributed by atoms with Gasteiger partial charge in [-0.2, -0.15) is 0 Å². The molecule has 0 bridgehead atoms. The predicted octanol–water partition coefficient (Wildman–Crippen LogP) is 2.44. The number of rotatable bonds is 1. The molecule has 2 heterocycles. The Hall–Kier alpha value is -1.13. The average molecular weight is 264 g/mol. The molecular weight excluding hydrogens is 254 g/mol. The molecule has 3 rings (SSSR count). The van der Waals surface area contributed by atoms with Crippen LogP contribution in [0.1, 0.15) is 11.4 Å². The smallest absolute Gasteiger partial charge is 0.137 e. The van der Waals surface area contributed by atoms with Gasteiger partial charge in [0.25, 0.3) is 0 Å². The Labute approximate surface area is 96.1 Å². The summed E-state index contributed by atoms with van der Waals surface area (Å²) in [6.07, 6.45) is 0. The summed E-state index contributed by atoms with van der Waals surface area (Å²) in [4.78, 5) is 7.90. The predicted molar refractivity (Wildman–Crippen MR) is 62.3 cm³/mol. The zero-order valence-electron chi connectivity index (χ0n) is 8.05. The molecule has 0 unspecified atom stereocenters. The van der Waals surface area contributed by atoms with Crippen LogP contribution >= 0.6 is 15.9 Å². The van der Waals surface area contributed by atoms with Gasteiger partial charge in [-0.25, -0.2) is 4.98 Å². The van der Waals surface area contributed by atoms with E-state index in [1.54, 1.807) is 0 Å². The highest BCUT2D eigenvalue weighted by molar-refractivity contribution is 9.10. The first-order chi connectivity index (χ1) is 7.33. The fourth-order valence-corrected chi connectivity index (χ4v) is 2.05. The van der Waals surface area contributed by atoms with Crippen LogP contribution in [0.3, 0.4) is 0 Å². The molecule has 0 saturated carbocycles. The van der Waals surface area contributed by atoms with E-state index in [4.69, 9.17) is 0 Å². The van der Waals surface area contributed by atoms with Gasteiger partial charge >= 0.3 is 0 Å². The van der Waals surface area contributed by atoms with Gasteiger partial charge in [-0.15, -0.1) is 0 Å². The fraction of sp³-hybridized carbons (Fsp3) is 0.182. The Morgan fingerprint density at radius 3 is 2.67 bits per heavy atom. The number of fused-ring (bicyclic) bond motifs is 1.